The van der Waals surface area contributed by atoms with Crippen LogP contribution in [0.25, 0.3) is 0 Å². The highest BCUT2D eigenvalue weighted by atomic mass is 79.9. The summed E-state index contributed by atoms with van der Waals surface area (Å²) in [5, 5.41) is 0. The topological polar surface area (TPSA) is 15.6 Å². The van der Waals surface area contributed by atoms with Gasteiger partial charge in [-0.1, -0.05) is 44.0 Å². The van der Waals surface area contributed by atoms with Crippen LogP contribution in [0.3, 0.4) is 0 Å². The lowest BCUT2D eigenvalue weighted by molar-refractivity contribution is 0.353. The van der Waals surface area contributed by atoms with E-state index in [2.05, 4.69) is 36.9 Å². The third kappa shape index (κ3) is 3.04. The number of nitrogens with zero attached hydrogens (tertiary/aromatic N) is 2. The van der Waals surface area contributed by atoms with Gasteiger partial charge in [0.1, 0.15) is 0 Å². The predicted octanol–water partition coefficient (Wildman–Crippen LogP) is 4.79. The summed E-state index contributed by atoms with van der Waals surface area (Å²) in [6, 6.07) is 13.7. The maximum Gasteiger partial charge on any atom is 0.207 e. The van der Waals surface area contributed by atoms with E-state index in [0.29, 0.717) is 5.71 Å². The summed E-state index contributed by atoms with van der Waals surface area (Å²) in [7, 11) is 1.89. The lowest BCUT2D eigenvalue weighted by Gasteiger charge is -2.20. The van der Waals surface area contributed by atoms with Gasteiger partial charge in [-0.15, -0.1) is 0 Å². The van der Waals surface area contributed by atoms with Gasteiger partial charge in [-0.2, -0.15) is 0 Å². The van der Waals surface area contributed by atoms with Crippen LogP contribution < -0.4 is 4.90 Å². The molecular weight excluding hydrogens is 399 g/mol. The molecule has 0 radical (unpaired) electrons. The molecule has 0 fully saturated rings. The molecule has 2 nitrogen and oxygen atoms in total. The second kappa shape index (κ2) is 5.89. The zero-order valence-electron chi connectivity index (χ0n) is 11.4. The highest BCUT2D eigenvalue weighted by Gasteiger charge is 2.22. The molecule has 0 N–H and O–H groups in total. The number of hydrogen-bond donors (Lipinski definition) is 0. The van der Waals surface area contributed by atoms with Crippen LogP contribution in [0, 0.1) is 0 Å². The number of halogens is 3. The van der Waals surface area contributed by atoms with Crippen LogP contribution in [0.2, 0.25) is 0 Å². The maximum absolute atomic E-state index is 14.1. The maximum atomic E-state index is 14.1. The van der Waals surface area contributed by atoms with Gasteiger partial charge in [0.05, 0.1) is 12.3 Å². The second-order valence-electron chi connectivity index (χ2n) is 4.96. The molecule has 1 unspecified atom stereocenters. The number of benzene rings is 2. The summed E-state index contributed by atoms with van der Waals surface area (Å²) in [4.78, 5) is 6.19. The lowest BCUT2D eigenvalue weighted by Crippen LogP contribution is -2.24. The van der Waals surface area contributed by atoms with E-state index in [1.807, 2.05) is 54.4 Å². The number of anilines is 1. The zero-order chi connectivity index (χ0) is 15.0. The Bertz CT molecular complexity index is 715. The summed E-state index contributed by atoms with van der Waals surface area (Å²) < 4.78 is 16.0. The van der Waals surface area contributed by atoms with Crippen molar-refractivity contribution in [1.82, 2.24) is 0 Å². The molecule has 0 amide bonds. The first-order valence-electron chi connectivity index (χ1n) is 6.53. The van der Waals surface area contributed by atoms with Gasteiger partial charge in [0.2, 0.25) is 6.30 Å². The zero-order valence-corrected chi connectivity index (χ0v) is 14.5. The fourth-order valence-electron chi connectivity index (χ4n) is 2.47. The predicted molar refractivity (Wildman–Crippen MR) is 92.1 cm³/mol. The second-order valence-corrected chi connectivity index (χ2v) is 6.80. The van der Waals surface area contributed by atoms with Gasteiger partial charge in [0, 0.05) is 32.8 Å². The molecule has 0 saturated heterocycles. The van der Waals surface area contributed by atoms with Gasteiger partial charge in [-0.05, 0) is 30.3 Å². The Labute approximate surface area is 139 Å². The molecule has 3 rings (SSSR count). The molecule has 1 aliphatic heterocycles. The van der Waals surface area contributed by atoms with Crippen LogP contribution in [-0.4, -0.2) is 25.6 Å². The molecule has 0 saturated carbocycles. The molecule has 0 spiro atoms. The number of aliphatic imine (C=N–C) groups is 1. The summed E-state index contributed by atoms with van der Waals surface area (Å²) in [6.07, 6.45) is -1.24. The number of fused-ring (bicyclic) bond motifs is 1. The number of likely N-dealkylation sites (N-methyl/N-ethyl adjacent to an activating group) is 1. The Hall–Kier alpha value is -1.20. The monoisotopic (exact) mass is 410 g/mol. The van der Waals surface area contributed by atoms with Crippen LogP contribution in [0.4, 0.5) is 10.1 Å². The first-order valence-corrected chi connectivity index (χ1v) is 8.12. The van der Waals surface area contributed by atoms with E-state index in [4.69, 9.17) is 0 Å². The molecule has 0 bridgehead atoms. The highest BCUT2D eigenvalue weighted by Crippen LogP contribution is 2.30. The minimum Gasteiger partial charge on any atom is -0.369 e. The normalized spacial score (nSPS) is 18.0. The first kappa shape index (κ1) is 14.7. The van der Waals surface area contributed by atoms with Gasteiger partial charge < -0.3 is 4.90 Å². The standard InChI is InChI=1S/C16H13Br2FN2/c1-21-9-15(19)20-16(10-3-2-4-11(17)7-10)13-8-12(18)5-6-14(13)21/h2-8,15H,9H2,1H3. The fourth-order valence-corrected chi connectivity index (χ4v) is 3.23. The van der Waals surface area contributed by atoms with Crippen molar-refractivity contribution in [2.45, 2.75) is 6.30 Å². The van der Waals surface area contributed by atoms with Crippen molar-refractivity contribution >= 4 is 43.3 Å². The SMILES string of the molecule is CN1CC(F)N=C(c2cccc(Br)c2)c2cc(Br)ccc21. The van der Waals surface area contributed by atoms with Crippen LogP contribution in [0.15, 0.2) is 56.4 Å². The molecule has 2 aromatic rings. The van der Waals surface area contributed by atoms with E-state index < -0.39 is 6.30 Å². The molecule has 1 aliphatic rings. The molecule has 108 valence electrons. The highest BCUT2D eigenvalue weighted by molar-refractivity contribution is 9.10. The van der Waals surface area contributed by atoms with Crippen molar-refractivity contribution in [3.05, 3.63) is 62.5 Å². The Morgan fingerprint density at radius 2 is 1.90 bits per heavy atom. The van der Waals surface area contributed by atoms with Gasteiger partial charge >= 0.3 is 0 Å². The van der Waals surface area contributed by atoms with E-state index in [-0.39, 0.29) is 6.54 Å². The molecule has 5 heteroatoms. The largest absolute Gasteiger partial charge is 0.369 e. The summed E-state index contributed by atoms with van der Waals surface area (Å²) in [6.45, 7) is 0.256. The number of alkyl halides is 1. The molecule has 21 heavy (non-hydrogen) atoms. The lowest BCUT2D eigenvalue weighted by atomic mass is 10.0. The van der Waals surface area contributed by atoms with Crippen LogP contribution in [0.5, 0.6) is 0 Å². The molecule has 1 atom stereocenters. The van der Waals surface area contributed by atoms with Gasteiger partial charge in [0.15, 0.2) is 0 Å². The molecule has 2 aromatic carbocycles. The minimum atomic E-state index is -1.24. The Kier molecular flexibility index (Phi) is 4.13. The molecule has 1 heterocycles. The third-order valence-corrected chi connectivity index (χ3v) is 4.40. The van der Waals surface area contributed by atoms with Crippen molar-refractivity contribution in [3.8, 4) is 0 Å². The van der Waals surface area contributed by atoms with E-state index in [1.165, 1.54) is 0 Å². The third-order valence-electron chi connectivity index (χ3n) is 3.42. The van der Waals surface area contributed by atoms with Crippen molar-refractivity contribution in [2.75, 3.05) is 18.5 Å². The van der Waals surface area contributed by atoms with E-state index in [0.717, 1.165) is 25.8 Å². The van der Waals surface area contributed by atoms with E-state index >= 15 is 0 Å². The smallest absolute Gasteiger partial charge is 0.207 e. The Morgan fingerprint density at radius 3 is 2.67 bits per heavy atom. The number of benzodiazepines with no additional fused rings is 1. The average molecular weight is 412 g/mol. The quantitative estimate of drug-likeness (QED) is 0.615. The van der Waals surface area contributed by atoms with E-state index in [9.17, 15) is 4.39 Å². The van der Waals surface area contributed by atoms with Crippen molar-refractivity contribution in [2.24, 2.45) is 4.99 Å². The van der Waals surface area contributed by atoms with Crippen LogP contribution >= 0.6 is 31.9 Å². The van der Waals surface area contributed by atoms with Gasteiger partial charge in [-0.3, -0.25) is 0 Å². The number of rotatable bonds is 1. The average Bonchev–Trinajstić information content (AvgIpc) is 2.55. The van der Waals surface area contributed by atoms with Crippen LogP contribution in [-0.2, 0) is 0 Å². The van der Waals surface area contributed by atoms with Crippen molar-refractivity contribution in [3.63, 3.8) is 0 Å². The summed E-state index contributed by atoms with van der Waals surface area (Å²) >= 11 is 6.95. The summed E-state index contributed by atoms with van der Waals surface area (Å²) in [5.41, 5.74) is 3.51. The van der Waals surface area contributed by atoms with Crippen molar-refractivity contribution < 1.29 is 4.39 Å². The summed E-state index contributed by atoms with van der Waals surface area (Å²) in [5.74, 6) is 0. The molecule has 0 aromatic heterocycles. The first-order chi connectivity index (χ1) is 10.0. The fraction of sp³-hybridized carbons (Fsp3) is 0.188. The Balaban J connectivity index is 2.22. The number of hydrogen-bond acceptors (Lipinski definition) is 2. The van der Waals surface area contributed by atoms with Crippen LogP contribution in [0.1, 0.15) is 11.1 Å². The van der Waals surface area contributed by atoms with Crippen molar-refractivity contribution in [1.29, 1.82) is 0 Å². The molecular formula is C16H13Br2FN2. The van der Waals surface area contributed by atoms with Gasteiger partial charge in [-0.25, -0.2) is 9.38 Å². The Morgan fingerprint density at radius 1 is 1.14 bits per heavy atom. The molecule has 0 aliphatic carbocycles. The van der Waals surface area contributed by atoms with E-state index in [1.54, 1.807) is 0 Å². The van der Waals surface area contributed by atoms with Gasteiger partial charge in [0.25, 0.3) is 0 Å². The minimum absolute atomic E-state index is 0.256.